The standard InChI is InChI=1S/C11H15FN2O/c1-7-4-3-5-9(12)10(7)14-11(15)8(2)6-13/h3-5,8H,6,13H2,1-2H3,(H,14,15). The Kier molecular flexibility index (Phi) is 3.80. The number of carbonyl (C=O) groups is 1. The van der Waals surface area contributed by atoms with Crippen molar-refractivity contribution in [3.8, 4) is 0 Å². The molecule has 3 nitrogen and oxygen atoms in total. The Hall–Kier alpha value is -1.42. The number of benzene rings is 1. The molecule has 1 amide bonds. The number of rotatable bonds is 3. The highest BCUT2D eigenvalue weighted by atomic mass is 19.1. The van der Waals surface area contributed by atoms with Gasteiger partial charge in [0.05, 0.1) is 5.69 Å². The summed E-state index contributed by atoms with van der Waals surface area (Å²) in [4.78, 5) is 11.5. The third kappa shape index (κ3) is 2.76. The van der Waals surface area contributed by atoms with Crippen molar-refractivity contribution in [1.29, 1.82) is 0 Å². The zero-order valence-corrected chi connectivity index (χ0v) is 8.88. The van der Waals surface area contributed by atoms with Gasteiger partial charge in [-0.3, -0.25) is 4.79 Å². The molecule has 0 aliphatic heterocycles. The highest BCUT2D eigenvalue weighted by Crippen LogP contribution is 2.19. The number of para-hydroxylation sites is 1. The van der Waals surface area contributed by atoms with E-state index >= 15 is 0 Å². The molecule has 1 unspecified atom stereocenters. The van der Waals surface area contributed by atoms with E-state index in [1.807, 2.05) is 0 Å². The number of nitrogens with one attached hydrogen (secondary N) is 1. The Bertz CT molecular complexity index is 345. The first kappa shape index (κ1) is 11.7. The maximum absolute atomic E-state index is 13.3. The Morgan fingerprint density at radius 3 is 2.80 bits per heavy atom. The first-order chi connectivity index (χ1) is 7.06. The molecular formula is C11H15FN2O. The molecule has 1 aromatic carbocycles. The molecule has 1 aromatic rings. The lowest BCUT2D eigenvalue weighted by Crippen LogP contribution is -2.27. The molecule has 0 aliphatic carbocycles. The fourth-order valence-corrected chi connectivity index (χ4v) is 1.14. The second kappa shape index (κ2) is 4.89. The summed E-state index contributed by atoms with van der Waals surface area (Å²) in [5.41, 5.74) is 6.29. The molecule has 1 atom stereocenters. The van der Waals surface area contributed by atoms with Crippen LogP contribution in [0.2, 0.25) is 0 Å². The summed E-state index contributed by atoms with van der Waals surface area (Å²) in [6.45, 7) is 3.69. The van der Waals surface area contributed by atoms with Crippen LogP contribution in [0.25, 0.3) is 0 Å². The lowest BCUT2D eigenvalue weighted by Gasteiger charge is -2.12. The van der Waals surface area contributed by atoms with Crippen LogP contribution in [0.1, 0.15) is 12.5 Å². The van der Waals surface area contributed by atoms with E-state index in [1.165, 1.54) is 6.07 Å². The van der Waals surface area contributed by atoms with Gasteiger partial charge in [-0.15, -0.1) is 0 Å². The minimum Gasteiger partial charge on any atom is -0.330 e. The number of hydrogen-bond donors (Lipinski definition) is 2. The van der Waals surface area contributed by atoms with E-state index in [0.717, 1.165) is 0 Å². The van der Waals surface area contributed by atoms with Gasteiger partial charge in [-0.1, -0.05) is 19.1 Å². The van der Waals surface area contributed by atoms with Gasteiger partial charge in [0.2, 0.25) is 5.91 Å². The molecule has 0 aliphatic rings. The van der Waals surface area contributed by atoms with Gasteiger partial charge in [-0.25, -0.2) is 4.39 Å². The molecular weight excluding hydrogens is 195 g/mol. The van der Waals surface area contributed by atoms with Gasteiger partial charge >= 0.3 is 0 Å². The van der Waals surface area contributed by atoms with Crippen molar-refractivity contribution in [2.75, 3.05) is 11.9 Å². The minimum atomic E-state index is -0.424. The zero-order chi connectivity index (χ0) is 11.4. The van der Waals surface area contributed by atoms with Gasteiger partial charge in [-0.05, 0) is 18.6 Å². The van der Waals surface area contributed by atoms with Crippen LogP contribution in [0.15, 0.2) is 18.2 Å². The van der Waals surface area contributed by atoms with E-state index in [2.05, 4.69) is 5.32 Å². The van der Waals surface area contributed by atoms with Gasteiger partial charge in [0.25, 0.3) is 0 Å². The van der Waals surface area contributed by atoms with Crippen molar-refractivity contribution in [3.05, 3.63) is 29.6 Å². The van der Waals surface area contributed by atoms with Crippen LogP contribution in [0.3, 0.4) is 0 Å². The predicted molar refractivity (Wildman–Crippen MR) is 58.0 cm³/mol. The third-order valence-corrected chi connectivity index (χ3v) is 2.27. The second-order valence-corrected chi connectivity index (χ2v) is 3.56. The fourth-order valence-electron chi connectivity index (χ4n) is 1.14. The molecule has 0 bridgehead atoms. The summed E-state index contributed by atoms with van der Waals surface area (Å²) in [5, 5.41) is 2.54. The fraction of sp³-hybridized carbons (Fsp3) is 0.364. The first-order valence-electron chi connectivity index (χ1n) is 4.82. The smallest absolute Gasteiger partial charge is 0.228 e. The molecule has 0 saturated heterocycles. The average Bonchev–Trinajstić information content (AvgIpc) is 2.22. The molecule has 0 spiro atoms. The van der Waals surface area contributed by atoms with Crippen LogP contribution in [0.4, 0.5) is 10.1 Å². The molecule has 82 valence electrons. The van der Waals surface area contributed by atoms with Crippen molar-refractivity contribution < 1.29 is 9.18 Å². The lowest BCUT2D eigenvalue weighted by molar-refractivity contribution is -0.119. The largest absolute Gasteiger partial charge is 0.330 e. The van der Waals surface area contributed by atoms with Crippen LogP contribution in [-0.4, -0.2) is 12.5 Å². The van der Waals surface area contributed by atoms with E-state index in [4.69, 9.17) is 5.73 Å². The maximum Gasteiger partial charge on any atom is 0.228 e. The topological polar surface area (TPSA) is 55.1 Å². The average molecular weight is 210 g/mol. The number of amides is 1. The van der Waals surface area contributed by atoms with Crippen molar-refractivity contribution >= 4 is 11.6 Å². The molecule has 0 heterocycles. The van der Waals surface area contributed by atoms with Crippen molar-refractivity contribution in [1.82, 2.24) is 0 Å². The summed E-state index contributed by atoms with van der Waals surface area (Å²) in [6.07, 6.45) is 0. The predicted octanol–water partition coefficient (Wildman–Crippen LogP) is 1.67. The first-order valence-corrected chi connectivity index (χ1v) is 4.82. The number of carbonyl (C=O) groups excluding carboxylic acids is 1. The highest BCUT2D eigenvalue weighted by molar-refractivity contribution is 5.93. The van der Waals surface area contributed by atoms with Crippen LogP contribution in [0.5, 0.6) is 0 Å². The van der Waals surface area contributed by atoms with Crippen molar-refractivity contribution in [2.24, 2.45) is 11.7 Å². The maximum atomic E-state index is 13.3. The highest BCUT2D eigenvalue weighted by Gasteiger charge is 2.14. The molecule has 3 N–H and O–H groups in total. The van der Waals surface area contributed by atoms with Crippen LogP contribution in [-0.2, 0) is 4.79 Å². The normalized spacial score (nSPS) is 12.3. The summed E-state index contributed by atoms with van der Waals surface area (Å²) in [6, 6.07) is 4.66. The molecule has 4 heteroatoms. The van der Waals surface area contributed by atoms with Gasteiger partial charge < -0.3 is 11.1 Å². The zero-order valence-electron chi connectivity index (χ0n) is 8.88. The second-order valence-electron chi connectivity index (χ2n) is 3.56. The van der Waals surface area contributed by atoms with Crippen molar-refractivity contribution in [3.63, 3.8) is 0 Å². The minimum absolute atomic E-state index is 0.239. The third-order valence-electron chi connectivity index (χ3n) is 2.27. The SMILES string of the molecule is Cc1cccc(F)c1NC(=O)C(C)CN. The molecule has 1 rings (SSSR count). The Morgan fingerprint density at radius 1 is 1.60 bits per heavy atom. The lowest BCUT2D eigenvalue weighted by atomic mass is 10.1. The molecule has 0 saturated carbocycles. The Labute approximate surface area is 88.5 Å². The molecule has 0 fully saturated rings. The summed E-state index contributed by atoms with van der Waals surface area (Å²) >= 11 is 0. The monoisotopic (exact) mass is 210 g/mol. The van der Waals surface area contributed by atoms with E-state index in [9.17, 15) is 9.18 Å². The van der Waals surface area contributed by atoms with Crippen LogP contribution < -0.4 is 11.1 Å². The van der Waals surface area contributed by atoms with E-state index in [1.54, 1.807) is 26.0 Å². The number of aryl methyl sites for hydroxylation is 1. The van der Waals surface area contributed by atoms with Gasteiger partial charge in [0.15, 0.2) is 0 Å². The molecule has 0 aromatic heterocycles. The van der Waals surface area contributed by atoms with Gasteiger partial charge in [-0.2, -0.15) is 0 Å². The number of halogens is 1. The molecule has 0 radical (unpaired) electrons. The molecule has 15 heavy (non-hydrogen) atoms. The summed E-state index contributed by atoms with van der Waals surface area (Å²) in [7, 11) is 0. The van der Waals surface area contributed by atoms with E-state index in [-0.39, 0.29) is 24.1 Å². The van der Waals surface area contributed by atoms with Crippen LogP contribution >= 0.6 is 0 Å². The Morgan fingerprint density at radius 2 is 2.27 bits per heavy atom. The summed E-state index contributed by atoms with van der Waals surface area (Å²) < 4.78 is 13.3. The Balaban J connectivity index is 2.85. The number of hydrogen-bond acceptors (Lipinski definition) is 2. The number of nitrogens with two attached hydrogens (primary N) is 1. The van der Waals surface area contributed by atoms with E-state index in [0.29, 0.717) is 5.56 Å². The van der Waals surface area contributed by atoms with Crippen LogP contribution in [0, 0.1) is 18.7 Å². The van der Waals surface area contributed by atoms with Crippen molar-refractivity contribution in [2.45, 2.75) is 13.8 Å². The van der Waals surface area contributed by atoms with Gasteiger partial charge in [0, 0.05) is 12.5 Å². The van der Waals surface area contributed by atoms with E-state index < -0.39 is 5.82 Å². The summed E-state index contributed by atoms with van der Waals surface area (Å²) in [5.74, 6) is -0.998. The number of anilines is 1. The van der Waals surface area contributed by atoms with Gasteiger partial charge in [0.1, 0.15) is 5.82 Å². The quantitative estimate of drug-likeness (QED) is 0.797.